The summed E-state index contributed by atoms with van der Waals surface area (Å²) in [5.74, 6) is 1.87. The molecule has 0 unspecified atom stereocenters. The van der Waals surface area contributed by atoms with E-state index in [4.69, 9.17) is 10.5 Å². The maximum absolute atomic E-state index is 5.91. The summed E-state index contributed by atoms with van der Waals surface area (Å²) in [4.78, 5) is 8.63. The van der Waals surface area contributed by atoms with Gasteiger partial charge in [0, 0.05) is 18.8 Å². The van der Waals surface area contributed by atoms with E-state index in [0.29, 0.717) is 25.0 Å². The lowest BCUT2D eigenvalue weighted by atomic mass is 9.85. The Balaban J connectivity index is 1.48. The second-order valence-corrected chi connectivity index (χ2v) is 6.16. The lowest BCUT2D eigenvalue weighted by Gasteiger charge is -2.25. The van der Waals surface area contributed by atoms with Crippen LogP contribution < -0.4 is 15.8 Å². The number of nitrogens with one attached hydrogen (secondary N) is 1. The number of aliphatic imine (C=N–C) groups is 1. The smallest absolute Gasteiger partial charge is 0.213 e. The number of hydrogen-bond donors (Lipinski definition) is 2. The van der Waals surface area contributed by atoms with Gasteiger partial charge in [-0.15, -0.1) is 0 Å². The van der Waals surface area contributed by atoms with E-state index >= 15 is 0 Å². The van der Waals surface area contributed by atoms with Crippen LogP contribution in [0.3, 0.4) is 0 Å². The van der Waals surface area contributed by atoms with E-state index in [1.165, 1.54) is 19.3 Å². The molecular formula is C19H24N4O. The van der Waals surface area contributed by atoms with Crippen molar-refractivity contribution < 1.29 is 4.74 Å². The Hall–Kier alpha value is -2.56. The van der Waals surface area contributed by atoms with E-state index in [0.717, 1.165) is 23.6 Å². The van der Waals surface area contributed by atoms with Crippen LogP contribution in [0, 0.1) is 5.92 Å². The van der Waals surface area contributed by atoms with Crippen LogP contribution in [0.15, 0.2) is 53.7 Å². The summed E-state index contributed by atoms with van der Waals surface area (Å²) >= 11 is 0. The molecule has 1 fully saturated rings. The second-order valence-electron chi connectivity index (χ2n) is 6.16. The van der Waals surface area contributed by atoms with Crippen LogP contribution in [-0.4, -0.2) is 17.5 Å². The Labute approximate surface area is 143 Å². The highest BCUT2D eigenvalue weighted by atomic mass is 16.5. The van der Waals surface area contributed by atoms with Crippen LogP contribution in [0.5, 0.6) is 5.88 Å². The number of pyridine rings is 1. The van der Waals surface area contributed by atoms with Gasteiger partial charge in [-0.1, -0.05) is 36.8 Å². The lowest BCUT2D eigenvalue weighted by Crippen LogP contribution is -2.37. The SMILES string of the molecule is NC(=NCc1ccnc(OCc2ccccc2)c1)NCC1CCC1. The highest BCUT2D eigenvalue weighted by molar-refractivity contribution is 5.77. The molecule has 3 rings (SSSR count). The number of aromatic nitrogens is 1. The lowest BCUT2D eigenvalue weighted by molar-refractivity contribution is 0.293. The summed E-state index contributed by atoms with van der Waals surface area (Å²) in [5.41, 5.74) is 8.06. The third-order valence-corrected chi connectivity index (χ3v) is 4.26. The minimum absolute atomic E-state index is 0.505. The summed E-state index contributed by atoms with van der Waals surface area (Å²) in [6.07, 6.45) is 5.68. The fraction of sp³-hybridized carbons (Fsp3) is 0.368. The fourth-order valence-corrected chi connectivity index (χ4v) is 2.54. The first kappa shape index (κ1) is 16.3. The van der Waals surface area contributed by atoms with Crippen LogP contribution in [0.1, 0.15) is 30.4 Å². The van der Waals surface area contributed by atoms with Crippen LogP contribution in [-0.2, 0) is 13.2 Å². The van der Waals surface area contributed by atoms with Gasteiger partial charge >= 0.3 is 0 Å². The number of guanidine groups is 1. The topological polar surface area (TPSA) is 72.5 Å². The van der Waals surface area contributed by atoms with Gasteiger partial charge in [0.25, 0.3) is 0 Å². The van der Waals surface area contributed by atoms with E-state index < -0.39 is 0 Å². The van der Waals surface area contributed by atoms with Crippen molar-refractivity contribution in [3.8, 4) is 5.88 Å². The summed E-state index contributed by atoms with van der Waals surface area (Å²) in [6.45, 7) is 1.95. The van der Waals surface area contributed by atoms with Crippen molar-refractivity contribution in [2.45, 2.75) is 32.4 Å². The third-order valence-electron chi connectivity index (χ3n) is 4.26. The molecule has 2 aromatic rings. The van der Waals surface area contributed by atoms with Crippen LogP contribution in [0.2, 0.25) is 0 Å². The molecule has 0 amide bonds. The van der Waals surface area contributed by atoms with Crippen LogP contribution in [0.4, 0.5) is 0 Å². The monoisotopic (exact) mass is 324 g/mol. The van der Waals surface area contributed by atoms with Crippen molar-refractivity contribution in [3.63, 3.8) is 0 Å². The predicted octanol–water partition coefficient (Wildman–Crippen LogP) is 2.87. The molecule has 126 valence electrons. The summed E-state index contributed by atoms with van der Waals surface area (Å²) < 4.78 is 5.73. The normalized spacial score (nSPS) is 14.9. The number of benzene rings is 1. The van der Waals surface area contributed by atoms with E-state index in [-0.39, 0.29) is 0 Å². The van der Waals surface area contributed by atoms with Crippen molar-refractivity contribution >= 4 is 5.96 Å². The van der Waals surface area contributed by atoms with Gasteiger partial charge in [0.1, 0.15) is 6.61 Å². The number of nitrogens with zero attached hydrogens (tertiary/aromatic N) is 2. The molecule has 5 heteroatoms. The summed E-state index contributed by atoms with van der Waals surface area (Å²) in [7, 11) is 0. The number of ether oxygens (including phenoxy) is 1. The highest BCUT2D eigenvalue weighted by Gasteiger charge is 2.16. The summed E-state index contributed by atoms with van der Waals surface area (Å²) in [6, 6.07) is 13.9. The van der Waals surface area contributed by atoms with Crippen LogP contribution in [0.25, 0.3) is 0 Å². The zero-order valence-corrected chi connectivity index (χ0v) is 13.8. The molecule has 1 heterocycles. The molecule has 1 aliphatic rings. The van der Waals surface area contributed by atoms with Crippen molar-refractivity contribution in [2.24, 2.45) is 16.6 Å². The van der Waals surface area contributed by atoms with E-state index in [1.807, 2.05) is 42.5 Å². The molecule has 0 radical (unpaired) electrons. The van der Waals surface area contributed by atoms with Gasteiger partial charge in [0.15, 0.2) is 5.96 Å². The van der Waals surface area contributed by atoms with Gasteiger partial charge in [-0.3, -0.25) is 0 Å². The third kappa shape index (κ3) is 4.98. The first-order chi connectivity index (χ1) is 11.8. The molecule has 1 aromatic carbocycles. The average Bonchev–Trinajstić information content (AvgIpc) is 2.58. The van der Waals surface area contributed by atoms with Gasteiger partial charge in [-0.2, -0.15) is 0 Å². The number of nitrogens with two attached hydrogens (primary N) is 1. The van der Waals surface area contributed by atoms with Crippen molar-refractivity contribution in [1.29, 1.82) is 0 Å². The zero-order valence-electron chi connectivity index (χ0n) is 13.8. The second kappa shape index (κ2) is 8.34. The van der Waals surface area contributed by atoms with Crippen LogP contribution >= 0.6 is 0 Å². The minimum Gasteiger partial charge on any atom is -0.473 e. The molecule has 1 aromatic heterocycles. The van der Waals surface area contributed by atoms with Gasteiger partial charge in [0.05, 0.1) is 6.54 Å². The standard InChI is InChI=1S/C19H24N4O/c20-19(22-12-15-7-4-8-15)23-13-17-9-10-21-18(11-17)24-14-16-5-2-1-3-6-16/h1-3,5-6,9-11,15H,4,7-8,12-14H2,(H3,20,22,23). The zero-order chi connectivity index (χ0) is 16.6. The maximum atomic E-state index is 5.91. The van der Waals surface area contributed by atoms with Gasteiger partial charge in [-0.25, -0.2) is 9.98 Å². The molecule has 1 aliphatic carbocycles. The molecule has 1 saturated carbocycles. The van der Waals surface area contributed by atoms with Crippen molar-refractivity contribution in [2.75, 3.05) is 6.54 Å². The maximum Gasteiger partial charge on any atom is 0.213 e. The molecule has 0 atom stereocenters. The molecule has 0 bridgehead atoms. The highest BCUT2D eigenvalue weighted by Crippen LogP contribution is 2.25. The molecular weight excluding hydrogens is 300 g/mol. The van der Waals surface area contributed by atoms with E-state index in [1.54, 1.807) is 6.20 Å². The molecule has 3 N–H and O–H groups in total. The van der Waals surface area contributed by atoms with Gasteiger partial charge in [-0.05, 0) is 36.0 Å². The molecule has 24 heavy (non-hydrogen) atoms. The molecule has 0 saturated heterocycles. The Morgan fingerprint density at radius 3 is 2.79 bits per heavy atom. The number of rotatable bonds is 7. The summed E-state index contributed by atoms with van der Waals surface area (Å²) in [5, 5.41) is 3.20. The number of hydrogen-bond acceptors (Lipinski definition) is 3. The Morgan fingerprint density at radius 1 is 1.21 bits per heavy atom. The quantitative estimate of drug-likeness (QED) is 0.607. The first-order valence-electron chi connectivity index (χ1n) is 8.45. The largest absolute Gasteiger partial charge is 0.473 e. The molecule has 5 nitrogen and oxygen atoms in total. The first-order valence-corrected chi connectivity index (χ1v) is 8.45. The van der Waals surface area contributed by atoms with Gasteiger partial charge < -0.3 is 15.8 Å². The van der Waals surface area contributed by atoms with Crippen molar-refractivity contribution in [1.82, 2.24) is 10.3 Å². The predicted molar refractivity (Wildman–Crippen MR) is 95.7 cm³/mol. The fourth-order valence-electron chi connectivity index (χ4n) is 2.54. The van der Waals surface area contributed by atoms with Gasteiger partial charge in [0.2, 0.25) is 5.88 Å². The van der Waals surface area contributed by atoms with E-state index in [9.17, 15) is 0 Å². The Morgan fingerprint density at radius 2 is 2.04 bits per heavy atom. The Kier molecular flexibility index (Phi) is 5.66. The molecule has 0 aliphatic heterocycles. The average molecular weight is 324 g/mol. The van der Waals surface area contributed by atoms with E-state index in [2.05, 4.69) is 15.3 Å². The minimum atomic E-state index is 0.505. The molecule has 0 spiro atoms. The van der Waals surface area contributed by atoms with Crippen molar-refractivity contribution in [3.05, 3.63) is 59.8 Å². The Bertz CT molecular complexity index is 668.